The van der Waals surface area contributed by atoms with Crippen molar-refractivity contribution < 1.29 is 4.74 Å². The average molecular weight is 195 g/mol. The van der Waals surface area contributed by atoms with Crippen molar-refractivity contribution in [3.05, 3.63) is 10.4 Å². The first-order chi connectivity index (χ1) is 6.72. The molecule has 14 heavy (non-hydrogen) atoms. The lowest BCUT2D eigenvalue weighted by Gasteiger charge is -2.29. The molecule has 0 spiro atoms. The first-order valence-electron chi connectivity index (χ1n) is 5.44. The maximum atomic E-state index is 8.52. The number of hydrogen-bond donors (Lipinski definition) is 0. The van der Waals surface area contributed by atoms with Crippen LogP contribution in [0.3, 0.4) is 0 Å². The largest absolute Gasteiger partial charge is 0.375 e. The molecule has 0 amide bonds. The molecule has 2 heterocycles. The summed E-state index contributed by atoms with van der Waals surface area (Å²) in [6, 6.07) is 0. The lowest BCUT2D eigenvalue weighted by atomic mass is 9.89. The Morgan fingerprint density at radius 1 is 1.21 bits per heavy atom. The molecular formula is C10H17N3O. The van der Waals surface area contributed by atoms with Gasteiger partial charge in [-0.2, -0.15) is 0 Å². The molecule has 4 heteroatoms. The molecule has 0 N–H and O–H groups in total. The summed E-state index contributed by atoms with van der Waals surface area (Å²) in [6.07, 6.45) is 7.26. The zero-order valence-electron chi connectivity index (χ0n) is 8.65. The second-order valence-electron chi connectivity index (χ2n) is 4.72. The van der Waals surface area contributed by atoms with Gasteiger partial charge >= 0.3 is 0 Å². The Balaban J connectivity index is 2.05. The molecule has 0 aromatic carbocycles. The van der Waals surface area contributed by atoms with Crippen molar-refractivity contribution in [3.8, 4) is 0 Å². The molecule has 0 aromatic rings. The zero-order chi connectivity index (χ0) is 10.0. The van der Waals surface area contributed by atoms with Gasteiger partial charge in [0.2, 0.25) is 0 Å². The monoisotopic (exact) mass is 195 g/mol. The topological polar surface area (TPSA) is 58.0 Å². The molecule has 4 nitrogen and oxygen atoms in total. The van der Waals surface area contributed by atoms with Crippen molar-refractivity contribution in [2.75, 3.05) is 0 Å². The van der Waals surface area contributed by atoms with E-state index in [4.69, 9.17) is 10.3 Å². The molecule has 2 bridgehead atoms. The summed E-state index contributed by atoms with van der Waals surface area (Å²) in [5, 5.41) is 3.94. The Kier molecular flexibility index (Phi) is 2.66. The molecule has 0 aromatic heterocycles. The molecule has 0 radical (unpaired) electrons. The first-order valence-corrected chi connectivity index (χ1v) is 5.44. The van der Waals surface area contributed by atoms with Crippen LogP contribution in [0.1, 0.15) is 45.4 Å². The van der Waals surface area contributed by atoms with Gasteiger partial charge in [0.25, 0.3) is 0 Å². The highest BCUT2D eigenvalue weighted by Crippen LogP contribution is 2.36. The summed E-state index contributed by atoms with van der Waals surface area (Å²) in [7, 11) is 0. The first kappa shape index (κ1) is 9.81. The maximum absolute atomic E-state index is 8.52. The Morgan fingerprint density at radius 3 is 2.29 bits per heavy atom. The smallest absolute Gasteiger partial charge is 0.0580 e. The molecule has 0 saturated carbocycles. The summed E-state index contributed by atoms with van der Waals surface area (Å²) in [4.78, 5) is 2.96. The molecule has 2 aliphatic heterocycles. The van der Waals surface area contributed by atoms with Crippen LogP contribution >= 0.6 is 0 Å². The van der Waals surface area contributed by atoms with Crippen LogP contribution in [0.25, 0.3) is 10.4 Å². The zero-order valence-corrected chi connectivity index (χ0v) is 8.65. The normalized spacial score (nSPS) is 42.4. The molecule has 2 fully saturated rings. The number of fused-ring (bicyclic) bond motifs is 2. The van der Waals surface area contributed by atoms with E-state index in [9.17, 15) is 0 Å². The van der Waals surface area contributed by atoms with Crippen LogP contribution < -0.4 is 0 Å². The Morgan fingerprint density at radius 2 is 1.79 bits per heavy atom. The highest BCUT2D eigenvalue weighted by atomic mass is 16.5. The van der Waals surface area contributed by atoms with Crippen molar-refractivity contribution in [3.63, 3.8) is 0 Å². The maximum Gasteiger partial charge on any atom is 0.0580 e. The van der Waals surface area contributed by atoms with Crippen LogP contribution in [0, 0.1) is 0 Å². The molecule has 0 aliphatic carbocycles. The van der Waals surface area contributed by atoms with E-state index in [0.29, 0.717) is 12.2 Å². The van der Waals surface area contributed by atoms with E-state index in [1.165, 1.54) is 12.8 Å². The minimum absolute atomic E-state index is 0.167. The average Bonchev–Trinajstić information content (AvgIpc) is 2.60. The Labute approximate surface area is 84.3 Å². The van der Waals surface area contributed by atoms with Crippen molar-refractivity contribution in [2.24, 2.45) is 5.11 Å². The van der Waals surface area contributed by atoms with E-state index in [1.54, 1.807) is 0 Å². The molecule has 78 valence electrons. The van der Waals surface area contributed by atoms with Gasteiger partial charge in [-0.15, -0.1) is 0 Å². The minimum Gasteiger partial charge on any atom is -0.375 e. The fraction of sp³-hybridized carbons (Fsp3) is 1.00. The van der Waals surface area contributed by atoms with Crippen molar-refractivity contribution in [1.82, 2.24) is 0 Å². The van der Waals surface area contributed by atoms with E-state index in [2.05, 4.69) is 16.9 Å². The minimum atomic E-state index is -0.167. The van der Waals surface area contributed by atoms with Crippen LogP contribution in [0.4, 0.5) is 0 Å². The summed E-state index contributed by atoms with van der Waals surface area (Å²) < 4.78 is 5.84. The van der Waals surface area contributed by atoms with Crippen molar-refractivity contribution in [1.29, 1.82) is 0 Å². The van der Waals surface area contributed by atoms with Crippen LogP contribution in [0.2, 0.25) is 0 Å². The highest BCUT2D eigenvalue weighted by molar-refractivity contribution is 4.90. The van der Waals surface area contributed by atoms with E-state index < -0.39 is 0 Å². The predicted molar refractivity (Wildman–Crippen MR) is 53.9 cm³/mol. The van der Waals surface area contributed by atoms with Gasteiger partial charge in [0.15, 0.2) is 0 Å². The lowest BCUT2D eigenvalue weighted by molar-refractivity contribution is 0.0158. The van der Waals surface area contributed by atoms with Gasteiger partial charge in [0, 0.05) is 10.5 Å². The predicted octanol–water partition coefficient (Wildman–Crippen LogP) is 3.18. The molecule has 2 rings (SSSR count). The van der Waals surface area contributed by atoms with Crippen LogP contribution in [-0.4, -0.2) is 17.7 Å². The number of azide groups is 1. The van der Waals surface area contributed by atoms with Crippen LogP contribution in [0.5, 0.6) is 0 Å². The lowest BCUT2D eigenvalue weighted by Crippen LogP contribution is -2.28. The quantitative estimate of drug-likeness (QED) is 0.360. The summed E-state index contributed by atoms with van der Waals surface area (Å²) >= 11 is 0. The second-order valence-corrected chi connectivity index (χ2v) is 4.72. The van der Waals surface area contributed by atoms with E-state index in [0.717, 1.165) is 25.7 Å². The third kappa shape index (κ3) is 2.02. The number of nitrogens with zero attached hydrogens (tertiary/aromatic N) is 3. The van der Waals surface area contributed by atoms with E-state index in [-0.39, 0.29) is 5.54 Å². The third-order valence-electron chi connectivity index (χ3n) is 3.49. The third-order valence-corrected chi connectivity index (χ3v) is 3.49. The van der Waals surface area contributed by atoms with Crippen LogP contribution in [-0.2, 0) is 4.74 Å². The van der Waals surface area contributed by atoms with Crippen LogP contribution in [0.15, 0.2) is 5.11 Å². The SMILES string of the molecule is CC1(N=[N+]=[N-])CC[C@H]2CC[C@@H](CC1)O2. The van der Waals surface area contributed by atoms with Gasteiger partial charge in [0.1, 0.15) is 0 Å². The van der Waals surface area contributed by atoms with Crippen molar-refractivity contribution >= 4 is 0 Å². The number of hydrogen-bond acceptors (Lipinski definition) is 2. The van der Waals surface area contributed by atoms with Gasteiger partial charge < -0.3 is 4.74 Å². The van der Waals surface area contributed by atoms with Gasteiger partial charge in [-0.25, -0.2) is 0 Å². The van der Waals surface area contributed by atoms with Gasteiger partial charge in [-0.1, -0.05) is 12.0 Å². The number of ether oxygens (including phenoxy) is 1. The highest BCUT2D eigenvalue weighted by Gasteiger charge is 2.33. The number of rotatable bonds is 1. The molecular weight excluding hydrogens is 178 g/mol. The Hall–Kier alpha value is -0.730. The van der Waals surface area contributed by atoms with Crippen molar-refractivity contribution in [2.45, 2.75) is 63.2 Å². The Bertz CT molecular complexity index is 246. The molecule has 1 unspecified atom stereocenters. The standard InChI is InChI=1S/C10H17N3O/c1-10(12-13-11)6-4-8-2-3-9(14-8)5-7-10/h8-9H,2-7H2,1H3/t8-,9+,10?. The fourth-order valence-electron chi connectivity index (χ4n) is 2.48. The molecule has 3 atom stereocenters. The van der Waals surface area contributed by atoms with Gasteiger partial charge in [-0.05, 0) is 44.1 Å². The fourth-order valence-corrected chi connectivity index (χ4v) is 2.48. The molecule has 2 saturated heterocycles. The van der Waals surface area contributed by atoms with Gasteiger partial charge in [-0.3, -0.25) is 0 Å². The summed E-state index contributed by atoms with van der Waals surface area (Å²) in [5.74, 6) is 0. The van der Waals surface area contributed by atoms with E-state index in [1.807, 2.05) is 0 Å². The second kappa shape index (κ2) is 3.79. The van der Waals surface area contributed by atoms with Gasteiger partial charge in [0.05, 0.1) is 12.2 Å². The molecule has 2 aliphatic rings. The summed E-state index contributed by atoms with van der Waals surface area (Å²) in [6.45, 7) is 2.07. The summed E-state index contributed by atoms with van der Waals surface area (Å²) in [5.41, 5.74) is 8.35. The van der Waals surface area contributed by atoms with E-state index >= 15 is 0 Å².